The second kappa shape index (κ2) is 4.87. The van der Waals surface area contributed by atoms with Crippen molar-refractivity contribution in [3.8, 4) is 0 Å². The van der Waals surface area contributed by atoms with Crippen molar-refractivity contribution in [2.24, 2.45) is 0 Å². The van der Waals surface area contributed by atoms with E-state index in [2.05, 4.69) is 12.0 Å². The zero-order valence-corrected chi connectivity index (χ0v) is 8.29. The highest BCUT2D eigenvalue weighted by atomic mass is 16.5. The Bertz CT molecular complexity index is 257. The second-order valence-electron chi connectivity index (χ2n) is 3.05. The number of nitrogen functional groups attached to an aromatic ring is 1. The van der Waals surface area contributed by atoms with E-state index in [-0.39, 0.29) is 0 Å². The van der Waals surface area contributed by atoms with Crippen molar-refractivity contribution in [2.75, 3.05) is 18.9 Å². The quantitative estimate of drug-likeness (QED) is 0.698. The molecule has 13 heavy (non-hydrogen) atoms. The van der Waals surface area contributed by atoms with E-state index in [1.54, 1.807) is 0 Å². The summed E-state index contributed by atoms with van der Waals surface area (Å²) in [6.07, 6.45) is 1.06. The molecule has 0 aromatic carbocycles. The third-order valence-electron chi connectivity index (χ3n) is 1.80. The van der Waals surface area contributed by atoms with Gasteiger partial charge in [0.15, 0.2) is 0 Å². The van der Waals surface area contributed by atoms with E-state index < -0.39 is 0 Å². The molecular weight excluding hydrogens is 166 g/mol. The summed E-state index contributed by atoms with van der Waals surface area (Å²) in [6.45, 7) is 6.38. The number of aromatic nitrogens is 2. The van der Waals surface area contributed by atoms with E-state index >= 15 is 0 Å². The van der Waals surface area contributed by atoms with Gasteiger partial charge in [0.05, 0.1) is 13.2 Å². The van der Waals surface area contributed by atoms with E-state index in [0.717, 1.165) is 25.3 Å². The first-order chi connectivity index (χ1) is 6.24. The van der Waals surface area contributed by atoms with Crippen LogP contribution in [-0.4, -0.2) is 23.0 Å². The number of nitrogens with zero attached hydrogens (tertiary/aromatic N) is 2. The molecular formula is C9H17N3O. The minimum Gasteiger partial charge on any atom is -0.382 e. The minimum atomic E-state index is 0.577. The topological polar surface area (TPSA) is 53.1 Å². The van der Waals surface area contributed by atoms with E-state index in [0.29, 0.717) is 12.4 Å². The second-order valence-corrected chi connectivity index (χ2v) is 3.05. The van der Waals surface area contributed by atoms with Gasteiger partial charge in [-0.1, -0.05) is 6.92 Å². The number of rotatable bonds is 5. The van der Waals surface area contributed by atoms with E-state index in [1.165, 1.54) is 0 Å². The zero-order valence-electron chi connectivity index (χ0n) is 8.29. The minimum absolute atomic E-state index is 0.577. The number of hydrogen-bond donors (Lipinski definition) is 1. The summed E-state index contributed by atoms with van der Waals surface area (Å²) in [7, 11) is 0. The van der Waals surface area contributed by atoms with Crippen LogP contribution in [0.2, 0.25) is 0 Å². The van der Waals surface area contributed by atoms with Gasteiger partial charge in [0.2, 0.25) is 0 Å². The molecule has 0 bridgehead atoms. The van der Waals surface area contributed by atoms with Gasteiger partial charge in [-0.2, -0.15) is 5.10 Å². The van der Waals surface area contributed by atoms with Crippen molar-refractivity contribution >= 4 is 5.82 Å². The molecule has 1 aromatic rings. The molecule has 0 fully saturated rings. The SMILES string of the molecule is CCCOCCn1nc(N)cc1C. The van der Waals surface area contributed by atoms with Crippen LogP contribution in [-0.2, 0) is 11.3 Å². The summed E-state index contributed by atoms with van der Waals surface area (Å²) in [5, 5.41) is 4.12. The lowest BCUT2D eigenvalue weighted by atomic mass is 10.4. The highest BCUT2D eigenvalue weighted by molar-refractivity contribution is 5.28. The number of nitrogens with two attached hydrogens (primary N) is 1. The van der Waals surface area contributed by atoms with E-state index in [4.69, 9.17) is 10.5 Å². The van der Waals surface area contributed by atoms with Crippen LogP contribution >= 0.6 is 0 Å². The van der Waals surface area contributed by atoms with Gasteiger partial charge >= 0.3 is 0 Å². The average molecular weight is 183 g/mol. The van der Waals surface area contributed by atoms with Gasteiger partial charge in [0, 0.05) is 18.4 Å². The van der Waals surface area contributed by atoms with Gasteiger partial charge in [0.1, 0.15) is 5.82 Å². The lowest BCUT2D eigenvalue weighted by molar-refractivity contribution is 0.124. The van der Waals surface area contributed by atoms with Crippen molar-refractivity contribution in [1.82, 2.24) is 9.78 Å². The Morgan fingerprint density at radius 3 is 2.85 bits per heavy atom. The maximum atomic E-state index is 5.54. The summed E-state index contributed by atoms with van der Waals surface area (Å²) in [5.74, 6) is 0.577. The Kier molecular flexibility index (Phi) is 3.76. The molecule has 0 spiro atoms. The van der Waals surface area contributed by atoms with Gasteiger partial charge in [-0.05, 0) is 13.3 Å². The highest BCUT2D eigenvalue weighted by Crippen LogP contribution is 2.03. The summed E-state index contributed by atoms with van der Waals surface area (Å²) < 4.78 is 7.22. The normalized spacial score (nSPS) is 10.6. The van der Waals surface area contributed by atoms with Gasteiger partial charge in [-0.3, -0.25) is 4.68 Å². The zero-order chi connectivity index (χ0) is 9.68. The number of hydrogen-bond acceptors (Lipinski definition) is 3. The average Bonchev–Trinajstić information content (AvgIpc) is 2.39. The molecule has 1 heterocycles. The fraction of sp³-hybridized carbons (Fsp3) is 0.667. The van der Waals surface area contributed by atoms with Crippen LogP contribution in [0.3, 0.4) is 0 Å². The maximum Gasteiger partial charge on any atom is 0.145 e. The van der Waals surface area contributed by atoms with Crippen molar-refractivity contribution in [1.29, 1.82) is 0 Å². The van der Waals surface area contributed by atoms with Crippen LogP contribution in [0.1, 0.15) is 19.0 Å². The fourth-order valence-corrected chi connectivity index (χ4v) is 1.16. The van der Waals surface area contributed by atoms with Gasteiger partial charge in [-0.25, -0.2) is 0 Å². The van der Waals surface area contributed by atoms with Crippen LogP contribution in [0, 0.1) is 6.92 Å². The predicted octanol–water partition coefficient (Wildman–Crippen LogP) is 1.20. The lowest BCUT2D eigenvalue weighted by Crippen LogP contribution is -2.09. The molecule has 0 saturated carbocycles. The summed E-state index contributed by atoms with van der Waals surface area (Å²) in [4.78, 5) is 0. The molecule has 2 N–H and O–H groups in total. The first kappa shape index (κ1) is 10.1. The Morgan fingerprint density at radius 2 is 2.31 bits per heavy atom. The Morgan fingerprint density at radius 1 is 1.54 bits per heavy atom. The molecule has 0 atom stereocenters. The molecule has 0 radical (unpaired) electrons. The third-order valence-corrected chi connectivity index (χ3v) is 1.80. The molecule has 4 nitrogen and oxygen atoms in total. The molecule has 1 rings (SSSR count). The van der Waals surface area contributed by atoms with Crippen LogP contribution < -0.4 is 5.73 Å². The summed E-state index contributed by atoms with van der Waals surface area (Å²) in [5.41, 5.74) is 6.62. The molecule has 1 aromatic heterocycles. The van der Waals surface area contributed by atoms with Crippen LogP contribution in [0.5, 0.6) is 0 Å². The van der Waals surface area contributed by atoms with Crippen LogP contribution in [0.25, 0.3) is 0 Å². The van der Waals surface area contributed by atoms with Crippen molar-refractivity contribution < 1.29 is 4.74 Å². The molecule has 0 aliphatic heterocycles. The van der Waals surface area contributed by atoms with Gasteiger partial charge in [-0.15, -0.1) is 0 Å². The maximum absolute atomic E-state index is 5.54. The Balaban J connectivity index is 2.32. The lowest BCUT2D eigenvalue weighted by Gasteiger charge is -2.04. The molecule has 0 aliphatic rings. The van der Waals surface area contributed by atoms with Crippen molar-refractivity contribution in [3.63, 3.8) is 0 Å². The van der Waals surface area contributed by atoms with Gasteiger partial charge in [0.25, 0.3) is 0 Å². The predicted molar refractivity (Wildman–Crippen MR) is 52.5 cm³/mol. The first-order valence-electron chi connectivity index (χ1n) is 4.61. The van der Waals surface area contributed by atoms with Gasteiger partial charge < -0.3 is 10.5 Å². The largest absolute Gasteiger partial charge is 0.382 e. The molecule has 4 heteroatoms. The van der Waals surface area contributed by atoms with Crippen molar-refractivity contribution in [3.05, 3.63) is 11.8 Å². The Hall–Kier alpha value is -1.03. The third kappa shape index (κ3) is 3.06. The molecule has 0 unspecified atom stereocenters. The van der Waals surface area contributed by atoms with Crippen molar-refractivity contribution in [2.45, 2.75) is 26.8 Å². The molecule has 0 amide bonds. The number of aryl methyl sites for hydroxylation is 1. The fourth-order valence-electron chi connectivity index (χ4n) is 1.16. The monoisotopic (exact) mass is 183 g/mol. The smallest absolute Gasteiger partial charge is 0.145 e. The van der Waals surface area contributed by atoms with Crippen LogP contribution in [0.4, 0.5) is 5.82 Å². The summed E-state index contributed by atoms with van der Waals surface area (Å²) >= 11 is 0. The summed E-state index contributed by atoms with van der Waals surface area (Å²) in [6, 6.07) is 1.86. The van der Waals surface area contributed by atoms with E-state index in [1.807, 2.05) is 17.7 Å². The number of anilines is 1. The Labute approximate surface area is 78.7 Å². The standard InChI is InChI=1S/C9H17N3O/c1-3-5-13-6-4-12-8(2)7-9(10)11-12/h7H,3-6H2,1-2H3,(H2,10,11). The van der Waals surface area contributed by atoms with Crippen LogP contribution in [0.15, 0.2) is 6.07 Å². The molecule has 0 aliphatic carbocycles. The molecule has 0 saturated heterocycles. The van der Waals surface area contributed by atoms with E-state index in [9.17, 15) is 0 Å². The number of ether oxygens (including phenoxy) is 1. The first-order valence-corrected chi connectivity index (χ1v) is 4.61. The molecule has 74 valence electrons. The highest BCUT2D eigenvalue weighted by Gasteiger charge is 1.99.